The van der Waals surface area contributed by atoms with Crippen molar-refractivity contribution in [2.75, 3.05) is 6.61 Å². The van der Waals surface area contributed by atoms with Crippen LogP contribution in [0.5, 0.6) is 11.5 Å². The topological polar surface area (TPSA) is 111 Å². The van der Waals surface area contributed by atoms with E-state index in [0.717, 1.165) is 46.8 Å². The maximum Gasteiger partial charge on any atom is 0.416 e. The highest BCUT2D eigenvalue weighted by atomic mass is 19.4. The van der Waals surface area contributed by atoms with Crippen LogP contribution in [0.1, 0.15) is 60.1 Å². The Morgan fingerprint density at radius 2 is 1.62 bits per heavy atom. The Bertz CT molecular complexity index is 1680. The van der Waals surface area contributed by atoms with Gasteiger partial charge >= 0.3 is 12.1 Å². The van der Waals surface area contributed by atoms with Crippen LogP contribution in [0.3, 0.4) is 0 Å². The first-order valence-electron chi connectivity index (χ1n) is 15.2. The molecule has 0 radical (unpaired) electrons. The first-order valence-corrected chi connectivity index (χ1v) is 15.2. The lowest BCUT2D eigenvalue weighted by Crippen LogP contribution is -2.38. The molecule has 1 aromatic heterocycles. The van der Waals surface area contributed by atoms with Crippen LogP contribution in [0.25, 0.3) is 11.5 Å². The molecule has 248 valence electrons. The number of hydrogen-bond donors (Lipinski definition) is 2. The minimum atomic E-state index is -4.51. The zero-order valence-electron chi connectivity index (χ0n) is 26.6. The second-order valence-corrected chi connectivity index (χ2v) is 11.2. The van der Waals surface area contributed by atoms with Crippen LogP contribution >= 0.6 is 0 Å². The van der Waals surface area contributed by atoms with Crippen molar-refractivity contribution in [3.63, 3.8) is 0 Å². The van der Waals surface area contributed by atoms with Crippen molar-refractivity contribution < 1.29 is 41.8 Å². The van der Waals surface area contributed by atoms with E-state index >= 15 is 0 Å². The fourth-order valence-electron chi connectivity index (χ4n) is 4.69. The van der Waals surface area contributed by atoms with E-state index < -0.39 is 29.5 Å². The molecule has 3 aromatic carbocycles. The third-order valence-corrected chi connectivity index (χ3v) is 7.18. The fraction of sp³-hybridized carbons (Fsp3) is 0.306. The summed E-state index contributed by atoms with van der Waals surface area (Å²) in [4.78, 5) is 29.3. The lowest BCUT2D eigenvalue weighted by molar-refractivity contribution is -0.139. The molecule has 0 fully saturated rings. The Labute approximate surface area is 271 Å². The molecule has 1 atom stereocenters. The van der Waals surface area contributed by atoms with E-state index in [9.17, 15) is 27.9 Å². The number of carbonyl (C=O) groups is 2. The molecular formula is C36H37F3N2O6. The molecule has 0 saturated heterocycles. The molecule has 0 spiro atoms. The van der Waals surface area contributed by atoms with Gasteiger partial charge in [-0.1, -0.05) is 31.2 Å². The normalized spacial score (nSPS) is 12.6. The quantitative estimate of drug-likeness (QED) is 0.0989. The van der Waals surface area contributed by atoms with Crippen molar-refractivity contribution in [2.45, 2.75) is 65.3 Å². The second kappa shape index (κ2) is 15.5. The molecule has 0 aliphatic carbocycles. The summed E-state index contributed by atoms with van der Waals surface area (Å²) in [7, 11) is 0. The SMILES string of the molecule is CC/C(=C\C(=O)c1ccc(C(F)(F)F)cc1)N[C@@H](Cc1ccc(OCCc2nc(-c3ccc(OC(C)C)cc3)oc2C)cc1)C(=O)O. The van der Waals surface area contributed by atoms with Gasteiger partial charge in [0.15, 0.2) is 5.78 Å². The summed E-state index contributed by atoms with van der Waals surface area (Å²) in [5.41, 5.74) is 1.91. The van der Waals surface area contributed by atoms with Crippen LogP contribution in [0.2, 0.25) is 0 Å². The number of benzene rings is 3. The number of ether oxygens (including phenoxy) is 2. The zero-order chi connectivity index (χ0) is 34.1. The fourth-order valence-corrected chi connectivity index (χ4v) is 4.69. The second-order valence-electron chi connectivity index (χ2n) is 11.2. The zero-order valence-corrected chi connectivity index (χ0v) is 26.6. The number of carboxylic acid groups (broad SMARTS) is 1. The summed E-state index contributed by atoms with van der Waals surface area (Å²) >= 11 is 0. The van der Waals surface area contributed by atoms with Gasteiger partial charge in [0.2, 0.25) is 5.89 Å². The van der Waals surface area contributed by atoms with Gasteiger partial charge in [-0.05, 0) is 81.3 Å². The molecule has 0 aliphatic heterocycles. The standard InChI is InChI=1S/C36H37F3N2O6/c1-5-28(21-33(42)25-8-12-27(13-9-25)36(37,38)39)40-32(35(43)44)20-24-6-14-29(15-7-24)45-19-18-31-23(4)47-34(41-31)26-10-16-30(17-11-26)46-22(2)3/h6-17,21-22,32,40H,5,18-20H2,1-4H3,(H,43,44)/b28-21+/t32-/m0/s1. The van der Waals surface area contributed by atoms with E-state index in [1.165, 1.54) is 6.08 Å². The molecule has 2 N–H and O–H groups in total. The summed E-state index contributed by atoms with van der Waals surface area (Å²) in [6.07, 6.45) is -2.26. The van der Waals surface area contributed by atoms with Gasteiger partial charge in [0.05, 0.1) is 24.0 Å². The van der Waals surface area contributed by atoms with Crippen LogP contribution in [-0.2, 0) is 23.8 Å². The lowest BCUT2D eigenvalue weighted by Gasteiger charge is -2.18. The number of halogens is 3. The average molecular weight is 651 g/mol. The molecule has 0 bridgehead atoms. The number of aliphatic carboxylic acids is 1. The summed E-state index contributed by atoms with van der Waals surface area (Å²) in [6, 6.07) is 17.4. The van der Waals surface area contributed by atoms with Crippen LogP contribution in [0.15, 0.2) is 89.0 Å². The molecule has 1 heterocycles. The predicted octanol–water partition coefficient (Wildman–Crippen LogP) is 7.84. The van der Waals surface area contributed by atoms with Gasteiger partial charge in [0.25, 0.3) is 0 Å². The molecule has 0 unspecified atom stereocenters. The molecular weight excluding hydrogens is 613 g/mol. The van der Waals surface area contributed by atoms with E-state index in [4.69, 9.17) is 13.9 Å². The van der Waals surface area contributed by atoms with Gasteiger partial charge < -0.3 is 24.3 Å². The summed E-state index contributed by atoms with van der Waals surface area (Å²) in [6.45, 7) is 7.88. The van der Waals surface area contributed by atoms with Crippen molar-refractivity contribution in [3.05, 3.63) is 113 Å². The largest absolute Gasteiger partial charge is 0.493 e. The highest BCUT2D eigenvalue weighted by Gasteiger charge is 2.30. The smallest absolute Gasteiger partial charge is 0.416 e. The first kappa shape index (κ1) is 34.8. The number of hydrogen-bond acceptors (Lipinski definition) is 7. The average Bonchev–Trinajstić information content (AvgIpc) is 3.40. The van der Waals surface area contributed by atoms with Gasteiger partial charge in [-0.2, -0.15) is 13.2 Å². The molecule has 4 aromatic rings. The van der Waals surface area contributed by atoms with Crippen LogP contribution in [-0.4, -0.2) is 40.6 Å². The van der Waals surface area contributed by atoms with E-state index in [0.29, 0.717) is 42.5 Å². The van der Waals surface area contributed by atoms with Gasteiger partial charge in [-0.3, -0.25) is 4.79 Å². The number of alkyl halides is 3. The third kappa shape index (κ3) is 9.96. The first-order chi connectivity index (χ1) is 22.3. The van der Waals surface area contributed by atoms with E-state index in [1.807, 2.05) is 45.0 Å². The molecule has 0 saturated carbocycles. The number of allylic oxidation sites excluding steroid dienone is 2. The number of aromatic nitrogens is 1. The predicted molar refractivity (Wildman–Crippen MR) is 170 cm³/mol. The van der Waals surface area contributed by atoms with Gasteiger partial charge in [0.1, 0.15) is 23.3 Å². The number of oxazole rings is 1. The molecule has 0 aliphatic rings. The third-order valence-electron chi connectivity index (χ3n) is 7.18. The summed E-state index contributed by atoms with van der Waals surface area (Å²) in [5, 5.41) is 12.7. The molecule has 47 heavy (non-hydrogen) atoms. The number of ketones is 1. The Balaban J connectivity index is 1.31. The van der Waals surface area contributed by atoms with Gasteiger partial charge in [0, 0.05) is 35.7 Å². The highest BCUT2D eigenvalue weighted by molar-refractivity contribution is 6.04. The maximum atomic E-state index is 12.8. The molecule has 0 amide bonds. The number of carbonyl (C=O) groups excluding carboxylic acids is 1. The van der Waals surface area contributed by atoms with Crippen LogP contribution in [0, 0.1) is 6.92 Å². The number of carboxylic acids is 1. The number of aryl methyl sites for hydroxylation is 1. The lowest BCUT2D eigenvalue weighted by atomic mass is 10.0. The van der Waals surface area contributed by atoms with Crippen molar-refractivity contribution in [1.82, 2.24) is 10.3 Å². The number of rotatable bonds is 15. The van der Waals surface area contributed by atoms with Gasteiger partial charge in [-0.25, -0.2) is 9.78 Å². The minimum absolute atomic E-state index is 0.0646. The maximum absolute atomic E-state index is 12.8. The number of nitrogens with one attached hydrogen (secondary N) is 1. The Morgan fingerprint density at radius 1 is 0.979 bits per heavy atom. The van der Waals surface area contributed by atoms with Crippen molar-refractivity contribution >= 4 is 11.8 Å². The Morgan fingerprint density at radius 3 is 2.19 bits per heavy atom. The van der Waals surface area contributed by atoms with Crippen molar-refractivity contribution in [1.29, 1.82) is 0 Å². The van der Waals surface area contributed by atoms with E-state index in [1.54, 1.807) is 31.2 Å². The van der Waals surface area contributed by atoms with E-state index in [2.05, 4.69) is 10.3 Å². The molecule has 4 rings (SSSR count). The summed E-state index contributed by atoms with van der Waals surface area (Å²) in [5.74, 6) is 0.951. The monoisotopic (exact) mass is 650 g/mol. The van der Waals surface area contributed by atoms with Crippen molar-refractivity contribution in [2.24, 2.45) is 0 Å². The Hall–Kier alpha value is -5.06. The molecule has 8 nitrogen and oxygen atoms in total. The summed E-state index contributed by atoms with van der Waals surface area (Å²) < 4.78 is 56.0. The Kier molecular flexibility index (Phi) is 11.5. The van der Waals surface area contributed by atoms with Crippen LogP contribution < -0.4 is 14.8 Å². The van der Waals surface area contributed by atoms with Crippen molar-refractivity contribution in [3.8, 4) is 23.0 Å². The number of nitrogens with zero attached hydrogens (tertiary/aromatic N) is 1. The van der Waals surface area contributed by atoms with E-state index in [-0.39, 0.29) is 18.1 Å². The van der Waals surface area contributed by atoms with Gasteiger partial charge in [-0.15, -0.1) is 0 Å². The minimum Gasteiger partial charge on any atom is -0.493 e. The highest BCUT2D eigenvalue weighted by Crippen LogP contribution is 2.29. The van der Waals surface area contributed by atoms with Crippen LogP contribution in [0.4, 0.5) is 13.2 Å². The molecule has 11 heteroatoms.